The first-order valence-corrected chi connectivity index (χ1v) is 7.56. The fraction of sp³-hybridized carbons (Fsp3) is 0.235. The van der Waals surface area contributed by atoms with Crippen molar-refractivity contribution in [1.29, 1.82) is 0 Å². The van der Waals surface area contributed by atoms with Crippen LogP contribution in [-0.4, -0.2) is 16.1 Å². The monoisotopic (exact) mass is 297 g/mol. The summed E-state index contributed by atoms with van der Waals surface area (Å²) >= 11 is 6.12. The Hall–Kier alpha value is -2.00. The van der Waals surface area contributed by atoms with Crippen LogP contribution in [0.1, 0.15) is 23.7 Å². The van der Waals surface area contributed by atoms with E-state index < -0.39 is 0 Å². The molecule has 0 aliphatic carbocycles. The second-order valence-corrected chi connectivity index (χ2v) is 5.95. The highest BCUT2D eigenvalue weighted by Crippen LogP contribution is 2.36. The predicted octanol–water partition coefficient (Wildman–Crippen LogP) is 4.17. The third-order valence-corrected chi connectivity index (χ3v) is 4.51. The van der Waals surface area contributed by atoms with E-state index in [1.807, 2.05) is 18.2 Å². The van der Waals surface area contributed by atoms with E-state index in [-0.39, 0.29) is 0 Å². The third-order valence-electron chi connectivity index (χ3n) is 4.27. The van der Waals surface area contributed by atoms with E-state index in [4.69, 9.17) is 16.6 Å². The van der Waals surface area contributed by atoms with Crippen LogP contribution in [-0.2, 0) is 7.05 Å². The van der Waals surface area contributed by atoms with Gasteiger partial charge in [0.1, 0.15) is 5.82 Å². The normalized spacial score (nSPS) is 17.5. The Morgan fingerprint density at radius 2 is 2.10 bits per heavy atom. The molecule has 0 fully saturated rings. The molecule has 3 nitrogen and oxygen atoms in total. The van der Waals surface area contributed by atoms with E-state index in [1.165, 1.54) is 11.3 Å². The Kier molecular flexibility index (Phi) is 2.89. The van der Waals surface area contributed by atoms with Gasteiger partial charge in [0, 0.05) is 30.2 Å². The Bertz CT molecular complexity index is 822. The number of rotatable bonds is 1. The summed E-state index contributed by atoms with van der Waals surface area (Å²) in [5, 5.41) is 4.22. The first-order chi connectivity index (χ1) is 10.2. The lowest BCUT2D eigenvalue weighted by molar-refractivity contribution is 0.649. The molecule has 0 saturated carbocycles. The minimum absolute atomic E-state index is 0.332. The van der Waals surface area contributed by atoms with Crippen LogP contribution in [0.15, 0.2) is 42.5 Å². The minimum atomic E-state index is 0.332. The molecule has 1 unspecified atom stereocenters. The number of hydrogen-bond donors (Lipinski definition) is 1. The number of nitrogens with one attached hydrogen (secondary N) is 1. The highest BCUT2D eigenvalue weighted by Gasteiger charge is 2.25. The molecule has 0 spiro atoms. The zero-order valence-electron chi connectivity index (χ0n) is 11.8. The van der Waals surface area contributed by atoms with E-state index in [1.54, 1.807) is 0 Å². The van der Waals surface area contributed by atoms with Gasteiger partial charge in [0.15, 0.2) is 0 Å². The van der Waals surface area contributed by atoms with E-state index in [0.29, 0.717) is 5.92 Å². The predicted molar refractivity (Wildman–Crippen MR) is 87.1 cm³/mol. The smallest absolute Gasteiger partial charge is 0.117 e. The Morgan fingerprint density at radius 1 is 1.24 bits per heavy atom. The lowest BCUT2D eigenvalue weighted by atomic mass is 9.90. The van der Waals surface area contributed by atoms with Crippen molar-refractivity contribution in [3.63, 3.8) is 0 Å². The van der Waals surface area contributed by atoms with Crippen molar-refractivity contribution >= 4 is 28.3 Å². The molecule has 21 heavy (non-hydrogen) atoms. The topological polar surface area (TPSA) is 29.9 Å². The molecule has 0 saturated heterocycles. The molecular formula is C17H16ClN3. The van der Waals surface area contributed by atoms with Crippen molar-refractivity contribution in [3.05, 3.63) is 58.9 Å². The average Bonchev–Trinajstić information content (AvgIpc) is 2.83. The van der Waals surface area contributed by atoms with Gasteiger partial charge in [-0.15, -0.1) is 0 Å². The largest absolute Gasteiger partial charge is 0.385 e. The van der Waals surface area contributed by atoms with Crippen molar-refractivity contribution in [2.45, 2.75) is 12.3 Å². The van der Waals surface area contributed by atoms with Gasteiger partial charge in [-0.1, -0.05) is 29.8 Å². The van der Waals surface area contributed by atoms with Crippen molar-refractivity contribution < 1.29 is 0 Å². The molecule has 1 aliphatic rings. The number of fused-ring (bicyclic) bond motifs is 2. The summed E-state index contributed by atoms with van der Waals surface area (Å²) in [4.78, 5) is 4.85. The molecule has 1 N–H and O–H groups in total. The Labute approximate surface area is 128 Å². The van der Waals surface area contributed by atoms with Gasteiger partial charge in [0.25, 0.3) is 0 Å². The van der Waals surface area contributed by atoms with E-state index >= 15 is 0 Å². The SMILES string of the molecule is Cn1c(C2CCNc3ccccc32)nc2ccc(Cl)cc21. The van der Waals surface area contributed by atoms with Gasteiger partial charge in [0.2, 0.25) is 0 Å². The molecule has 4 heteroatoms. The first-order valence-electron chi connectivity index (χ1n) is 7.19. The molecule has 4 rings (SSSR count). The van der Waals surface area contributed by atoms with Crippen LogP contribution in [0.25, 0.3) is 11.0 Å². The van der Waals surface area contributed by atoms with Crippen molar-refractivity contribution in [2.24, 2.45) is 7.05 Å². The Morgan fingerprint density at radius 3 is 3.00 bits per heavy atom. The summed E-state index contributed by atoms with van der Waals surface area (Å²) in [5.41, 5.74) is 4.65. The standard InChI is InChI=1S/C17H16ClN3/c1-21-16-10-11(18)6-7-15(16)20-17(21)13-8-9-19-14-5-3-2-4-12(13)14/h2-7,10,13,19H,8-9H2,1H3. The zero-order valence-corrected chi connectivity index (χ0v) is 12.6. The number of aromatic nitrogens is 2. The molecule has 0 amide bonds. The highest BCUT2D eigenvalue weighted by molar-refractivity contribution is 6.31. The quantitative estimate of drug-likeness (QED) is 0.730. The fourth-order valence-electron chi connectivity index (χ4n) is 3.23. The van der Waals surface area contributed by atoms with Gasteiger partial charge in [-0.2, -0.15) is 0 Å². The van der Waals surface area contributed by atoms with Crippen molar-refractivity contribution in [2.75, 3.05) is 11.9 Å². The van der Waals surface area contributed by atoms with Crippen LogP contribution in [0, 0.1) is 0 Å². The Balaban J connectivity index is 1.90. The van der Waals surface area contributed by atoms with E-state index in [9.17, 15) is 0 Å². The number of imidazole rings is 1. The number of nitrogens with zero attached hydrogens (tertiary/aromatic N) is 2. The summed E-state index contributed by atoms with van der Waals surface area (Å²) in [6.45, 7) is 0.978. The second-order valence-electron chi connectivity index (χ2n) is 5.52. The van der Waals surface area contributed by atoms with Crippen molar-refractivity contribution in [3.8, 4) is 0 Å². The summed E-state index contributed by atoms with van der Waals surface area (Å²) in [7, 11) is 2.08. The lowest BCUT2D eigenvalue weighted by Gasteiger charge is -2.26. The van der Waals surface area contributed by atoms with Gasteiger partial charge in [-0.3, -0.25) is 0 Å². The number of benzene rings is 2. The molecule has 2 aromatic carbocycles. The summed E-state index contributed by atoms with van der Waals surface area (Å²) in [5.74, 6) is 1.44. The second kappa shape index (κ2) is 4.78. The number of anilines is 1. The highest BCUT2D eigenvalue weighted by atomic mass is 35.5. The van der Waals surface area contributed by atoms with Crippen LogP contribution < -0.4 is 5.32 Å². The molecular weight excluding hydrogens is 282 g/mol. The van der Waals surface area contributed by atoms with E-state index in [0.717, 1.165) is 34.8 Å². The maximum absolute atomic E-state index is 6.12. The number of aryl methyl sites for hydroxylation is 1. The van der Waals surface area contributed by atoms with Gasteiger partial charge in [-0.25, -0.2) is 4.98 Å². The molecule has 1 aromatic heterocycles. The molecule has 106 valence electrons. The maximum Gasteiger partial charge on any atom is 0.117 e. The molecule has 2 heterocycles. The van der Waals surface area contributed by atoms with Gasteiger partial charge >= 0.3 is 0 Å². The summed E-state index contributed by atoms with van der Waals surface area (Å²) in [6.07, 6.45) is 1.06. The van der Waals surface area contributed by atoms with Crippen LogP contribution in [0.4, 0.5) is 5.69 Å². The van der Waals surface area contributed by atoms with Crippen LogP contribution in [0.5, 0.6) is 0 Å². The summed E-state index contributed by atoms with van der Waals surface area (Å²) < 4.78 is 2.17. The molecule has 0 radical (unpaired) electrons. The molecule has 1 atom stereocenters. The number of hydrogen-bond acceptors (Lipinski definition) is 2. The third kappa shape index (κ3) is 2.00. The van der Waals surface area contributed by atoms with Crippen molar-refractivity contribution in [1.82, 2.24) is 9.55 Å². The van der Waals surface area contributed by atoms with E-state index in [2.05, 4.69) is 41.2 Å². The maximum atomic E-state index is 6.12. The van der Waals surface area contributed by atoms with Crippen LogP contribution >= 0.6 is 11.6 Å². The number of para-hydroxylation sites is 1. The molecule has 1 aliphatic heterocycles. The zero-order chi connectivity index (χ0) is 14.4. The first kappa shape index (κ1) is 12.7. The molecule has 3 aromatic rings. The average molecular weight is 298 g/mol. The van der Waals surface area contributed by atoms with Crippen LogP contribution in [0.2, 0.25) is 5.02 Å². The number of halogens is 1. The molecule has 0 bridgehead atoms. The van der Waals surface area contributed by atoms with Gasteiger partial charge in [-0.05, 0) is 36.2 Å². The fourth-order valence-corrected chi connectivity index (χ4v) is 3.40. The minimum Gasteiger partial charge on any atom is -0.385 e. The van der Waals surface area contributed by atoms with Crippen LogP contribution in [0.3, 0.4) is 0 Å². The summed E-state index contributed by atoms with van der Waals surface area (Å²) in [6, 6.07) is 14.4. The van der Waals surface area contributed by atoms with Gasteiger partial charge < -0.3 is 9.88 Å². The van der Waals surface area contributed by atoms with Gasteiger partial charge in [0.05, 0.1) is 11.0 Å². The lowest BCUT2D eigenvalue weighted by Crippen LogP contribution is -2.19.